The van der Waals surface area contributed by atoms with Crippen molar-refractivity contribution in [2.75, 3.05) is 0 Å². The maximum Gasteiger partial charge on any atom is 0.146 e. The molecule has 0 atom stereocenters. The second-order valence-corrected chi connectivity index (χ2v) is 4.66. The Hall–Kier alpha value is -0.540. The van der Waals surface area contributed by atoms with Crippen LogP contribution in [-0.4, -0.2) is 9.97 Å². The Balaban J connectivity index is 2.60. The summed E-state index contributed by atoms with van der Waals surface area (Å²) >= 11 is 23.7. The molecule has 0 N–H and O–H groups in total. The summed E-state index contributed by atoms with van der Waals surface area (Å²) < 4.78 is 0. The van der Waals surface area contributed by atoms with E-state index in [4.69, 9.17) is 46.4 Å². The van der Waals surface area contributed by atoms with Crippen LogP contribution in [0.5, 0.6) is 0 Å². The Morgan fingerprint density at radius 1 is 1.00 bits per heavy atom. The van der Waals surface area contributed by atoms with Crippen molar-refractivity contribution in [3.8, 4) is 11.1 Å². The Kier molecular flexibility index (Phi) is 4.10. The van der Waals surface area contributed by atoms with Gasteiger partial charge >= 0.3 is 0 Å². The zero-order valence-corrected chi connectivity index (χ0v) is 11.4. The summed E-state index contributed by atoms with van der Waals surface area (Å²) in [7, 11) is 0. The van der Waals surface area contributed by atoms with E-state index in [1.54, 1.807) is 18.2 Å². The second-order valence-electron chi connectivity index (χ2n) is 3.24. The van der Waals surface area contributed by atoms with Gasteiger partial charge in [0.1, 0.15) is 16.1 Å². The van der Waals surface area contributed by atoms with E-state index in [1.165, 1.54) is 0 Å². The monoisotopic (exact) mass is 306 g/mol. The average Bonchev–Trinajstić information content (AvgIpc) is 2.28. The van der Waals surface area contributed by atoms with Crippen LogP contribution in [0.2, 0.25) is 15.3 Å². The maximum absolute atomic E-state index is 6.06. The Morgan fingerprint density at radius 2 is 1.65 bits per heavy atom. The molecular formula is C11H6Cl4N2. The highest BCUT2D eigenvalue weighted by atomic mass is 35.5. The molecule has 2 nitrogen and oxygen atoms in total. The molecule has 0 aliphatic carbocycles. The van der Waals surface area contributed by atoms with E-state index in [0.29, 0.717) is 16.4 Å². The molecule has 2 rings (SSSR count). The first kappa shape index (κ1) is 12.9. The molecule has 0 amide bonds. The first-order valence-electron chi connectivity index (χ1n) is 4.65. The van der Waals surface area contributed by atoms with Gasteiger partial charge in [0.2, 0.25) is 0 Å². The zero-order chi connectivity index (χ0) is 12.4. The number of halogens is 4. The SMILES string of the molecule is ClCc1nc(Cl)c(-c2cccc(Cl)c2)c(Cl)n1. The third-order valence-electron chi connectivity index (χ3n) is 2.10. The lowest BCUT2D eigenvalue weighted by Crippen LogP contribution is -1.96. The van der Waals surface area contributed by atoms with Gasteiger partial charge in [-0.1, -0.05) is 46.9 Å². The van der Waals surface area contributed by atoms with Crippen molar-refractivity contribution in [3.63, 3.8) is 0 Å². The highest BCUT2D eigenvalue weighted by molar-refractivity contribution is 6.38. The van der Waals surface area contributed by atoms with Crippen molar-refractivity contribution in [1.82, 2.24) is 9.97 Å². The van der Waals surface area contributed by atoms with Crippen molar-refractivity contribution >= 4 is 46.4 Å². The van der Waals surface area contributed by atoms with Crippen LogP contribution in [0.4, 0.5) is 0 Å². The second kappa shape index (κ2) is 5.40. The number of rotatable bonds is 2. The average molecular weight is 308 g/mol. The van der Waals surface area contributed by atoms with Crippen LogP contribution >= 0.6 is 46.4 Å². The molecule has 0 saturated carbocycles. The molecule has 17 heavy (non-hydrogen) atoms. The van der Waals surface area contributed by atoms with Gasteiger partial charge in [0.15, 0.2) is 0 Å². The van der Waals surface area contributed by atoms with Gasteiger partial charge in [0.05, 0.1) is 11.4 Å². The molecule has 88 valence electrons. The molecule has 0 saturated heterocycles. The summed E-state index contributed by atoms with van der Waals surface area (Å²) in [4.78, 5) is 8.11. The summed E-state index contributed by atoms with van der Waals surface area (Å²) in [5, 5.41) is 1.13. The Bertz CT molecular complexity index is 534. The standard InChI is InChI=1S/C11H6Cl4N2/c12-5-8-16-10(14)9(11(15)17-8)6-2-1-3-7(13)4-6/h1-4H,5H2. The fourth-order valence-corrected chi connectivity index (χ4v) is 2.34. The van der Waals surface area contributed by atoms with Crippen molar-refractivity contribution in [1.29, 1.82) is 0 Å². The predicted octanol–water partition coefficient (Wildman–Crippen LogP) is 4.84. The smallest absolute Gasteiger partial charge is 0.146 e. The van der Waals surface area contributed by atoms with E-state index in [0.717, 1.165) is 5.56 Å². The largest absolute Gasteiger partial charge is 0.219 e. The summed E-state index contributed by atoms with van der Waals surface area (Å²) in [6, 6.07) is 7.15. The molecule has 1 aromatic carbocycles. The van der Waals surface area contributed by atoms with Crippen LogP contribution < -0.4 is 0 Å². The van der Waals surface area contributed by atoms with Crippen LogP contribution in [0.3, 0.4) is 0 Å². The molecule has 0 aliphatic rings. The lowest BCUT2D eigenvalue weighted by atomic mass is 10.1. The quantitative estimate of drug-likeness (QED) is 0.586. The molecule has 0 bridgehead atoms. The minimum absolute atomic E-state index is 0.162. The van der Waals surface area contributed by atoms with Crippen LogP contribution in [-0.2, 0) is 5.88 Å². The first-order chi connectivity index (χ1) is 8.11. The summed E-state index contributed by atoms with van der Waals surface area (Å²) in [5.41, 5.74) is 1.33. The number of hydrogen-bond acceptors (Lipinski definition) is 2. The molecule has 1 heterocycles. The van der Waals surface area contributed by atoms with E-state index in [2.05, 4.69) is 9.97 Å². The normalized spacial score (nSPS) is 10.6. The highest BCUT2D eigenvalue weighted by Crippen LogP contribution is 2.33. The molecule has 0 spiro atoms. The minimum Gasteiger partial charge on any atom is -0.219 e. The molecule has 1 aromatic heterocycles. The number of nitrogens with zero attached hydrogens (tertiary/aromatic N) is 2. The zero-order valence-electron chi connectivity index (χ0n) is 8.42. The van der Waals surface area contributed by atoms with Crippen molar-refractivity contribution in [2.45, 2.75) is 5.88 Å². The minimum atomic E-state index is 0.162. The number of benzene rings is 1. The van der Waals surface area contributed by atoms with Crippen molar-refractivity contribution in [3.05, 3.63) is 45.4 Å². The van der Waals surface area contributed by atoms with Gasteiger partial charge in [-0.25, -0.2) is 9.97 Å². The predicted molar refractivity (Wildman–Crippen MR) is 72.1 cm³/mol. The fourth-order valence-electron chi connectivity index (χ4n) is 1.39. The Labute approximate surface area is 119 Å². The van der Waals surface area contributed by atoms with Gasteiger partial charge in [0.25, 0.3) is 0 Å². The van der Waals surface area contributed by atoms with Crippen LogP contribution in [0.15, 0.2) is 24.3 Å². The topological polar surface area (TPSA) is 25.8 Å². The molecule has 0 aliphatic heterocycles. The van der Waals surface area contributed by atoms with Gasteiger partial charge in [-0.3, -0.25) is 0 Å². The molecule has 0 fully saturated rings. The third-order valence-corrected chi connectivity index (χ3v) is 3.12. The van der Waals surface area contributed by atoms with Crippen molar-refractivity contribution < 1.29 is 0 Å². The molecule has 0 unspecified atom stereocenters. The third kappa shape index (κ3) is 2.83. The van der Waals surface area contributed by atoms with E-state index < -0.39 is 0 Å². The molecule has 2 aromatic rings. The molecular weight excluding hydrogens is 302 g/mol. The lowest BCUT2D eigenvalue weighted by Gasteiger charge is -2.07. The first-order valence-corrected chi connectivity index (χ1v) is 6.32. The molecule has 6 heteroatoms. The van der Waals surface area contributed by atoms with Crippen LogP contribution in [0.1, 0.15) is 5.82 Å². The van der Waals surface area contributed by atoms with E-state index in [1.807, 2.05) is 6.07 Å². The molecule has 0 radical (unpaired) electrons. The van der Waals surface area contributed by atoms with Gasteiger partial charge in [-0.05, 0) is 17.7 Å². The lowest BCUT2D eigenvalue weighted by molar-refractivity contribution is 1.03. The van der Waals surface area contributed by atoms with Gasteiger partial charge in [-0.2, -0.15) is 0 Å². The highest BCUT2D eigenvalue weighted by Gasteiger charge is 2.13. The summed E-state index contributed by atoms with van der Waals surface area (Å²) in [6.07, 6.45) is 0. The maximum atomic E-state index is 6.06. The Morgan fingerprint density at radius 3 is 2.18 bits per heavy atom. The van der Waals surface area contributed by atoms with Gasteiger partial charge in [-0.15, -0.1) is 11.6 Å². The van der Waals surface area contributed by atoms with Gasteiger partial charge in [0, 0.05) is 5.02 Å². The van der Waals surface area contributed by atoms with Crippen LogP contribution in [0.25, 0.3) is 11.1 Å². The van der Waals surface area contributed by atoms with E-state index >= 15 is 0 Å². The van der Waals surface area contributed by atoms with Crippen LogP contribution in [0, 0.1) is 0 Å². The van der Waals surface area contributed by atoms with E-state index in [-0.39, 0.29) is 16.2 Å². The number of hydrogen-bond donors (Lipinski definition) is 0. The fraction of sp³-hybridized carbons (Fsp3) is 0.0909. The van der Waals surface area contributed by atoms with E-state index in [9.17, 15) is 0 Å². The number of aromatic nitrogens is 2. The van der Waals surface area contributed by atoms with Crippen molar-refractivity contribution in [2.24, 2.45) is 0 Å². The number of alkyl halides is 1. The summed E-state index contributed by atoms with van der Waals surface area (Å²) in [6.45, 7) is 0. The summed E-state index contributed by atoms with van der Waals surface area (Å²) in [5.74, 6) is 0.558. The van der Waals surface area contributed by atoms with Gasteiger partial charge < -0.3 is 0 Å².